The van der Waals surface area contributed by atoms with Crippen molar-refractivity contribution >= 4 is 11.7 Å². The summed E-state index contributed by atoms with van der Waals surface area (Å²) in [4.78, 5) is 25.1. The van der Waals surface area contributed by atoms with Gasteiger partial charge in [-0.2, -0.15) is 0 Å². The predicted molar refractivity (Wildman–Crippen MR) is 70.8 cm³/mol. The Balaban J connectivity index is 1.87. The Bertz CT molecular complexity index is 462. The van der Waals surface area contributed by atoms with E-state index in [9.17, 15) is 14.7 Å². The number of likely N-dealkylation sites (tertiary alicyclic amines) is 1. The molecule has 19 heavy (non-hydrogen) atoms. The Hall–Kier alpha value is -1.88. The molecule has 1 aliphatic heterocycles. The summed E-state index contributed by atoms with van der Waals surface area (Å²) >= 11 is 0. The smallest absolute Gasteiger partial charge is 0.220 e. The standard InChI is InChI=1S/C14H18N2O3/c15-14(19)11-5-7-16(8-6-11)9-13(18)10-1-3-12(17)4-2-10/h1-4,11,17H,5-9H2,(H2,15,19). The van der Waals surface area contributed by atoms with Crippen molar-refractivity contribution in [3.05, 3.63) is 29.8 Å². The van der Waals surface area contributed by atoms with Crippen LogP contribution < -0.4 is 5.73 Å². The molecule has 102 valence electrons. The number of nitrogens with zero attached hydrogens (tertiary/aromatic N) is 1. The number of ketones is 1. The maximum absolute atomic E-state index is 12.0. The van der Waals surface area contributed by atoms with E-state index in [1.165, 1.54) is 12.1 Å². The topological polar surface area (TPSA) is 83.6 Å². The number of aromatic hydroxyl groups is 1. The van der Waals surface area contributed by atoms with Gasteiger partial charge in [-0.25, -0.2) is 0 Å². The van der Waals surface area contributed by atoms with E-state index in [0.29, 0.717) is 12.1 Å². The van der Waals surface area contributed by atoms with E-state index in [-0.39, 0.29) is 23.4 Å². The normalized spacial score (nSPS) is 17.3. The first-order valence-electron chi connectivity index (χ1n) is 6.40. The lowest BCUT2D eigenvalue weighted by Crippen LogP contribution is -2.40. The van der Waals surface area contributed by atoms with Crippen LogP contribution in [0.3, 0.4) is 0 Å². The van der Waals surface area contributed by atoms with E-state index in [1.807, 2.05) is 4.90 Å². The largest absolute Gasteiger partial charge is 0.508 e. The average Bonchev–Trinajstić information content (AvgIpc) is 2.40. The van der Waals surface area contributed by atoms with Gasteiger partial charge in [0.1, 0.15) is 5.75 Å². The quantitative estimate of drug-likeness (QED) is 0.785. The molecule has 0 saturated carbocycles. The molecule has 3 N–H and O–H groups in total. The van der Waals surface area contributed by atoms with Crippen molar-refractivity contribution in [1.29, 1.82) is 0 Å². The van der Waals surface area contributed by atoms with E-state index >= 15 is 0 Å². The Morgan fingerprint density at radius 2 is 1.79 bits per heavy atom. The fourth-order valence-electron chi connectivity index (χ4n) is 2.32. The van der Waals surface area contributed by atoms with Crippen LogP contribution in [-0.2, 0) is 4.79 Å². The van der Waals surface area contributed by atoms with Crippen molar-refractivity contribution in [2.24, 2.45) is 11.7 Å². The molecule has 1 fully saturated rings. The number of carbonyl (C=O) groups excluding carboxylic acids is 2. The highest BCUT2D eigenvalue weighted by molar-refractivity contribution is 5.97. The maximum atomic E-state index is 12.0. The second-order valence-electron chi connectivity index (χ2n) is 4.92. The Labute approximate surface area is 112 Å². The van der Waals surface area contributed by atoms with Gasteiger partial charge in [-0.3, -0.25) is 14.5 Å². The van der Waals surface area contributed by atoms with Crippen molar-refractivity contribution in [3.8, 4) is 5.75 Å². The summed E-state index contributed by atoms with van der Waals surface area (Å²) in [5.74, 6) is -0.124. The molecular weight excluding hydrogens is 244 g/mol. The van der Waals surface area contributed by atoms with Gasteiger partial charge >= 0.3 is 0 Å². The molecule has 0 aliphatic carbocycles. The first-order valence-corrected chi connectivity index (χ1v) is 6.40. The number of primary amides is 1. The molecule has 5 heteroatoms. The predicted octanol–water partition coefficient (Wildman–Crippen LogP) is 0.772. The molecule has 0 spiro atoms. The maximum Gasteiger partial charge on any atom is 0.220 e. The van der Waals surface area contributed by atoms with Gasteiger partial charge in [0.05, 0.1) is 6.54 Å². The van der Waals surface area contributed by atoms with Crippen LogP contribution in [0.1, 0.15) is 23.2 Å². The van der Waals surface area contributed by atoms with Crippen LogP contribution in [0, 0.1) is 5.92 Å². The number of amides is 1. The van der Waals surface area contributed by atoms with Gasteiger partial charge in [-0.05, 0) is 50.2 Å². The first-order chi connectivity index (χ1) is 9.06. The molecule has 0 atom stereocenters. The van der Waals surface area contributed by atoms with Crippen LogP contribution in [0.15, 0.2) is 24.3 Å². The number of Topliss-reactive ketones (excluding diaryl/α,β-unsaturated/α-hetero) is 1. The van der Waals surface area contributed by atoms with Crippen molar-refractivity contribution in [2.75, 3.05) is 19.6 Å². The number of rotatable bonds is 4. The van der Waals surface area contributed by atoms with Crippen LogP contribution in [0.25, 0.3) is 0 Å². The number of nitrogens with two attached hydrogens (primary N) is 1. The summed E-state index contributed by atoms with van der Waals surface area (Å²) < 4.78 is 0. The third kappa shape index (κ3) is 3.54. The lowest BCUT2D eigenvalue weighted by Gasteiger charge is -2.29. The molecule has 5 nitrogen and oxygen atoms in total. The van der Waals surface area contributed by atoms with Crippen molar-refractivity contribution < 1.29 is 14.7 Å². The van der Waals surface area contributed by atoms with Gasteiger partial charge in [0.2, 0.25) is 5.91 Å². The zero-order chi connectivity index (χ0) is 13.8. The zero-order valence-corrected chi connectivity index (χ0v) is 10.7. The molecule has 1 aromatic rings. The van der Waals surface area contributed by atoms with Gasteiger partial charge < -0.3 is 10.8 Å². The SMILES string of the molecule is NC(=O)C1CCN(CC(=O)c2ccc(O)cc2)CC1. The Morgan fingerprint density at radius 1 is 1.21 bits per heavy atom. The highest BCUT2D eigenvalue weighted by atomic mass is 16.3. The Morgan fingerprint density at radius 3 is 2.32 bits per heavy atom. The summed E-state index contributed by atoms with van der Waals surface area (Å²) in [5, 5.41) is 9.18. The second kappa shape index (κ2) is 5.84. The van der Waals surface area contributed by atoms with E-state index < -0.39 is 0 Å². The fourth-order valence-corrected chi connectivity index (χ4v) is 2.32. The summed E-state index contributed by atoms with van der Waals surface area (Å²) in [6, 6.07) is 6.25. The summed E-state index contributed by atoms with van der Waals surface area (Å²) in [5.41, 5.74) is 5.86. The summed E-state index contributed by atoms with van der Waals surface area (Å²) in [7, 11) is 0. The number of carbonyl (C=O) groups is 2. The zero-order valence-electron chi connectivity index (χ0n) is 10.7. The molecule has 0 radical (unpaired) electrons. The van der Waals surface area contributed by atoms with Gasteiger partial charge in [0.25, 0.3) is 0 Å². The number of benzene rings is 1. The fraction of sp³-hybridized carbons (Fsp3) is 0.429. The van der Waals surface area contributed by atoms with E-state index in [4.69, 9.17) is 5.73 Å². The molecule has 1 heterocycles. The van der Waals surface area contributed by atoms with Crippen LogP contribution >= 0.6 is 0 Å². The molecule has 1 amide bonds. The third-order valence-electron chi connectivity index (χ3n) is 3.55. The molecule has 0 unspecified atom stereocenters. The van der Waals surface area contributed by atoms with Gasteiger partial charge in [-0.15, -0.1) is 0 Å². The number of phenolic OH excluding ortho intramolecular Hbond substituents is 1. The molecular formula is C14H18N2O3. The Kier molecular flexibility index (Phi) is 4.16. The third-order valence-corrected chi connectivity index (χ3v) is 3.55. The average molecular weight is 262 g/mol. The van der Waals surface area contributed by atoms with Gasteiger partial charge in [0.15, 0.2) is 5.78 Å². The highest BCUT2D eigenvalue weighted by Crippen LogP contribution is 2.17. The molecule has 1 aliphatic rings. The van der Waals surface area contributed by atoms with Crippen LogP contribution in [0.5, 0.6) is 5.75 Å². The second-order valence-corrected chi connectivity index (χ2v) is 4.92. The minimum absolute atomic E-state index is 0.0255. The van der Waals surface area contributed by atoms with Crippen LogP contribution in [0.2, 0.25) is 0 Å². The minimum atomic E-state index is -0.246. The molecule has 0 bridgehead atoms. The lowest BCUT2D eigenvalue weighted by molar-refractivity contribution is -0.123. The van der Waals surface area contributed by atoms with Gasteiger partial charge in [0, 0.05) is 11.5 Å². The van der Waals surface area contributed by atoms with Crippen molar-refractivity contribution in [1.82, 2.24) is 4.90 Å². The monoisotopic (exact) mass is 262 g/mol. The van der Waals surface area contributed by atoms with E-state index in [1.54, 1.807) is 12.1 Å². The van der Waals surface area contributed by atoms with Crippen molar-refractivity contribution in [3.63, 3.8) is 0 Å². The molecule has 1 aromatic carbocycles. The molecule has 0 aromatic heterocycles. The number of hydrogen-bond acceptors (Lipinski definition) is 4. The summed E-state index contributed by atoms with van der Waals surface area (Å²) in [6.07, 6.45) is 1.44. The van der Waals surface area contributed by atoms with Gasteiger partial charge in [-0.1, -0.05) is 0 Å². The highest BCUT2D eigenvalue weighted by Gasteiger charge is 2.24. The number of piperidine rings is 1. The molecule has 2 rings (SSSR count). The van der Waals surface area contributed by atoms with Crippen molar-refractivity contribution in [2.45, 2.75) is 12.8 Å². The van der Waals surface area contributed by atoms with E-state index in [2.05, 4.69) is 0 Å². The minimum Gasteiger partial charge on any atom is -0.508 e. The summed E-state index contributed by atoms with van der Waals surface area (Å²) in [6.45, 7) is 1.78. The number of phenols is 1. The molecule has 1 saturated heterocycles. The van der Waals surface area contributed by atoms with Crippen LogP contribution in [0.4, 0.5) is 0 Å². The first kappa shape index (κ1) is 13.5. The van der Waals surface area contributed by atoms with E-state index in [0.717, 1.165) is 25.9 Å². The lowest BCUT2D eigenvalue weighted by atomic mass is 9.96. The van der Waals surface area contributed by atoms with Crippen LogP contribution in [-0.4, -0.2) is 41.3 Å². The number of hydrogen-bond donors (Lipinski definition) is 2.